The van der Waals surface area contributed by atoms with E-state index in [4.69, 9.17) is 28.8 Å². The topological polar surface area (TPSA) is 66.4 Å². The van der Waals surface area contributed by atoms with Gasteiger partial charge in [-0.05, 0) is 36.0 Å². The normalized spacial score (nSPS) is 10.9. The van der Waals surface area contributed by atoms with Crippen LogP contribution in [0.5, 0.6) is 11.5 Å². The molecular weight excluding hydrogens is 372 g/mol. The first kappa shape index (κ1) is 23.2. The summed E-state index contributed by atoms with van der Waals surface area (Å²) in [4.78, 5) is 0. The van der Waals surface area contributed by atoms with E-state index in [-0.39, 0.29) is 20.2 Å². The van der Waals surface area contributed by atoms with Crippen molar-refractivity contribution in [3.8, 4) is 22.6 Å². The third kappa shape index (κ3) is 6.72. The molecule has 0 saturated heterocycles. The molecular formula is C23H32O6. The molecule has 0 aliphatic heterocycles. The Morgan fingerprint density at radius 3 is 2.17 bits per heavy atom. The van der Waals surface area contributed by atoms with Gasteiger partial charge in [0, 0.05) is 32.5 Å². The van der Waals surface area contributed by atoms with Crippen LogP contribution in [0.25, 0.3) is 11.1 Å². The van der Waals surface area contributed by atoms with E-state index in [9.17, 15) is 0 Å². The summed E-state index contributed by atoms with van der Waals surface area (Å²) in [5, 5.41) is 8.91. The molecule has 0 bridgehead atoms. The fourth-order valence-electron chi connectivity index (χ4n) is 3.32. The van der Waals surface area contributed by atoms with Crippen LogP contribution in [-0.2, 0) is 27.1 Å². The monoisotopic (exact) mass is 404 g/mol. The molecule has 0 heterocycles. The highest BCUT2D eigenvalue weighted by atomic mass is 16.7. The van der Waals surface area contributed by atoms with Crippen molar-refractivity contribution in [3.63, 3.8) is 0 Å². The van der Waals surface area contributed by atoms with Crippen molar-refractivity contribution in [2.24, 2.45) is 0 Å². The number of hydrogen-bond donors (Lipinski definition) is 1. The molecule has 0 fully saturated rings. The van der Waals surface area contributed by atoms with Gasteiger partial charge in [0.2, 0.25) is 0 Å². The van der Waals surface area contributed by atoms with Gasteiger partial charge in [0.05, 0.1) is 13.2 Å². The van der Waals surface area contributed by atoms with Crippen LogP contribution in [0, 0.1) is 0 Å². The zero-order valence-corrected chi connectivity index (χ0v) is 17.6. The molecule has 29 heavy (non-hydrogen) atoms. The van der Waals surface area contributed by atoms with Gasteiger partial charge in [0.15, 0.2) is 13.6 Å². The van der Waals surface area contributed by atoms with Crippen molar-refractivity contribution < 1.29 is 28.8 Å². The lowest BCUT2D eigenvalue weighted by Gasteiger charge is -2.22. The van der Waals surface area contributed by atoms with E-state index in [2.05, 4.69) is 19.1 Å². The van der Waals surface area contributed by atoms with E-state index in [0.717, 1.165) is 41.7 Å². The van der Waals surface area contributed by atoms with Crippen LogP contribution in [0.2, 0.25) is 0 Å². The first-order valence-corrected chi connectivity index (χ1v) is 9.93. The number of hydrogen-bond acceptors (Lipinski definition) is 6. The maximum Gasteiger partial charge on any atom is 0.188 e. The Morgan fingerprint density at radius 2 is 1.55 bits per heavy atom. The summed E-state index contributed by atoms with van der Waals surface area (Å²) in [6.07, 6.45) is 2.44. The second kappa shape index (κ2) is 13.2. The summed E-state index contributed by atoms with van der Waals surface area (Å²) in [6, 6.07) is 12.1. The maximum absolute atomic E-state index is 8.91. The number of methoxy groups -OCH3 is 2. The molecule has 2 aromatic carbocycles. The molecule has 0 unspecified atom stereocenters. The molecule has 0 amide bonds. The highest BCUT2D eigenvalue weighted by Gasteiger charge is 2.20. The van der Waals surface area contributed by atoms with Crippen LogP contribution < -0.4 is 9.47 Å². The van der Waals surface area contributed by atoms with Crippen molar-refractivity contribution in [3.05, 3.63) is 47.5 Å². The third-order valence-electron chi connectivity index (χ3n) is 4.50. The lowest BCUT2D eigenvalue weighted by atomic mass is 9.89. The third-order valence-corrected chi connectivity index (χ3v) is 4.50. The number of rotatable bonds is 14. The minimum atomic E-state index is 0.0326. The first-order chi connectivity index (χ1) is 14.3. The molecule has 0 saturated carbocycles. The Kier molecular flexibility index (Phi) is 10.5. The quantitative estimate of drug-likeness (QED) is 0.381. The Hall–Kier alpha value is -2.12. The molecule has 0 aromatic heterocycles. The Balaban J connectivity index is 2.51. The fraction of sp³-hybridized carbons (Fsp3) is 0.478. The molecule has 1 N–H and O–H groups in total. The number of aliphatic hydroxyl groups excluding tert-OH is 1. The van der Waals surface area contributed by atoms with Crippen molar-refractivity contribution in [2.45, 2.75) is 26.2 Å². The number of aliphatic hydroxyl groups is 1. The summed E-state index contributed by atoms with van der Waals surface area (Å²) < 4.78 is 27.5. The average Bonchev–Trinajstić information content (AvgIpc) is 2.76. The van der Waals surface area contributed by atoms with Gasteiger partial charge in [-0.1, -0.05) is 37.3 Å². The van der Waals surface area contributed by atoms with Crippen LogP contribution in [-0.4, -0.2) is 52.7 Å². The van der Waals surface area contributed by atoms with E-state index in [1.807, 2.05) is 24.3 Å². The predicted molar refractivity (Wildman–Crippen MR) is 112 cm³/mol. The summed E-state index contributed by atoms with van der Waals surface area (Å²) in [6.45, 7) is 3.39. The van der Waals surface area contributed by atoms with Gasteiger partial charge in [-0.3, -0.25) is 0 Å². The minimum Gasteiger partial charge on any atom is -0.467 e. The van der Waals surface area contributed by atoms with Crippen molar-refractivity contribution in [1.82, 2.24) is 0 Å². The van der Waals surface area contributed by atoms with Crippen molar-refractivity contribution in [2.75, 3.05) is 47.6 Å². The summed E-state index contributed by atoms with van der Waals surface area (Å²) >= 11 is 0. The van der Waals surface area contributed by atoms with E-state index >= 15 is 0 Å². The highest BCUT2D eigenvalue weighted by molar-refractivity contribution is 5.77. The molecule has 6 nitrogen and oxygen atoms in total. The molecule has 2 aromatic rings. The Bertz CT molecular complexity index is 717. The van der Waals surface area contributed by atoms with Crippen molar-refractivity contribution in [1.29, 1.82) is 0 Å². The molecule has 0 aliphatic rings. The van der Waals surface area contributed by atoms with Crippen LogP contribution in [0.4, 0.5) is 0 Å². The van der Waals surface area contributed by atoms with Crippen LogP contribution in [0.15, 0.2) is 36.4 Å². The van der Waals surface area contributed by atoms with Gasteiger partial charge >= 0.3 is 0 Å². The van der Waals surface area contributed by atoms with Gasteiger partial charge in [0.1, 0.15) is 11.5 Å². The standard InChI is InChI=1S/C23H32O6/c1-4-19-20(11-8-13-27-14-12-24)23(18-9-6-5-7-10-18)22(29-17-26-3)15-21(19)28-16-25-2/h5-7,9-10,15,24H,4,8,11-14,16-17H2,1-3H3. The molecule has 2 rings (SSSR count). The number of ether oxygens (including phenoxy) is 5. The van der Waals surface area contributed by atoms with E-state index in [0.29, 0.717) is 19.0 Å². The van der Waals surface area contributed by atoms with Gasteiger partial charge in [-0.2, -0.15) is 0 Å². The maximum atomic E-state index is 8.91. The molecule has 0 radical (unpaired) electrons. The van der Waals surface area contributed by atoms with Crippen LogP contribution >= 0.6 is 0 Å². The predicted octanol–water partition coefficient (Wildman–Crippen LogP) is 3.82. The number of benzene rings is 2. The molecule has 6 heteroatoms. The summed E-state index contributed by atoms with van der Waals surface area (Å²) in [5.41, 5.74) is 4.43. The smallest absolute Gasteiger partial charge is 0.188 e. The van der Waals surface area contributed by atoms with Gasteiger partial charge in [-0.25, -0.2) is 0 Å². The average molecular weight is 405 g/mol. The second-order valence-corrected chi connectivity index (χ2v) is 6.47. The summed E-state index contributed by atoms with van der Waals surface area (Å²) in [7, 11) is 3.20. The van der Waals surface area contributed by atoms with Gasteiger partial charge in [-0.15, -0.1) is 0 Å². The molecule has 160 valence electrons. The lowest BCUT2D eigenvalue weighted by molar-refractivity contribution is 0.0457. The van der Waals surface area contributed by atoms with Crippen molar-refractivity contribution >= 4 is 0 Å². The first-order valence-electron chi connectivity index (χ1n) is 9.93. The second-order valence-electron chi connectivity index (χ2n) is 6.47. The minimum absolute atomic E-state index is 0.0326. The Labute approximate surface area is 173 Å². The van der Waals surface area contributed by atoms with E-state index in [1.165, 1.54) is 5.56 Å². The van der Waals surface area contributed by atoms with Gasteiger partial charge < -0.3 is 28.8 Å². The largest absolute Gasteiger partial charge is 0.467 e. The summed E-state index contributed by atoms with van der Waals surface area (Å²) in [5.74, 6) is 1.47. The molecule has 0 spiro atoms. The molecule has 0 aliphatic carbocycles. The lowest BCUT2D eigenvalue weighted by Crippen LogP contribution is -2.10. The Morgan fingerprint density at radius 1 is 0.862 bits per heavy atom. The van der Waals surface area contributed by atoms with Crippen LogP contribution in [0.1, 0.15) is 24.5 Å². The van der Waals surface area contributed by atoms with E-state index in [1.54, 1.807) is 14.2 Å². The molecule has 0 atom stereocenters. The van der Waals surface area contributed by atoms with Gasteiger partial charge in [0.25, 0.3) is 0 Å². The van der Waals surface area contributed by atoms with Crippen LogP contribution in [0.3, 0.4) is 0 Å². The highest BCUT2D eigenvalue weighted by Crippen LogP contribution is 2.41. The van der Waals surface area contributed by atoms with E-state index < -0.39 is 0 Å². The zero-order valence-electron chi connectivity index (χ0n) is 17.6. The SMILES string of the molecule is CCc1c(OCOC)cc(OCOC)c(-c2ccccc2)c1CCCOCCO. The fourth-order valence-corrected chi connectivity index (χ4v) is 3.32. The zero-order chi connectivity index (χ0) is 20.9.